The molecule has 0 saturated carbocycles. The lowest BCUT2D eigenvalue weighted by Gasteiger charge is -2.30. The first-order chi connectivity index (χ1) is 13.7. The van der Waals surface area contributed by atoms with Crippen LogP contribution in [-0.4, -0.2) is 55.2 Å². The van der Waals surface area contributed by atoms with Crippen LogP contribution < -0.4 is 4.74 Å². The summed E-state index contributed by atoms with van der Waals surface area (Å²) in [5.74, 6) is 0.562. The lowest BCUT2D eigenvalue weighted by atomic mass is 10.1. The van der Waals surface area contributed by atoms with Gasteiger partial charge in [0.15, 0.2) is 9.84 Å². The van der Waals surface area contributed by atoms with Crippen LogP contribution in [0.25, 0.3) is 0 Å². The van der Waals surface area contributed by atoms with Gasteiger partial charge in [0.25, 0.3) is 0 Å². The Morgan fingerprint density at radius 1 is 1.21 bits per heavy atom. The molecule has 2 aromatic rings. The summed E-state index contributed by atoms with van der Waals surface area (Å²) in [6.45, 7) is 4.75. The molecule has 3 rings (SSSR count). The summed E-state index contributed by atoms with van der Waals surface area (Å²) in [6.07, 6.45) is -0.281. The fourth-order valence-electron chi connectivity index (χ4n) is 3.60. The van der Waals surface area contributed by atoms with E-state index in [-0.39, 0.29) is 36.5 Å². The Morgan fingerprint density at radius 2 is 2.00 bits per heavy atom. The second kappa shape index (κ2) is 9.24. The second-order valence-electron chi connectivity index (χ2n) is 7.83. The van der Waals surface area contributed by atoms with Gasteiger partial charge in [-0.15, -0.1) is 0 Å². The van der Waals surface area contributed by atoms with Crippen LogP contribution in [0.15, 0.2) is 42.5 Å². The molecule has 1 N–H and O–H groups in total. The number of hydrogen-bond donors (Lipinski definition) is 1. The minimum absolute atomic E-state index is 0.0625. The molecule has 7 heteroatoms. The van der Waals surface area contributed by atoms with Crippen molar-refractivity contribution in [3.8, 4) is 5.75 Å². The van der Waals surface area contributed by atoms with Crippen LogP contribution in [0.4, 0.5) is 4.39 Å². The first kappa shape index (κ1) is 21.7. The van der Waals surface area contributed by atoms with Gasteiger partial charge in [-0.2, -0.15) is 0 Å². The number of aliphatic hydroxyl groups excluding tert-OH is 1. The highest BCUT2D eigenvalue weighted by molar-refractivity contribution is 7.91. The monoisotopic (exact) mass is 421 g/mol. The van der Waals surface area contributed by atoms with Crippen molar-refractivity contribution >= 4 is 9.84 Å². The molecule has 0 amide bonds. The van der Waals surface area contributed by atoms with E-state index >= 15 is 0 Å². The van der Waals surface area contributed by atoms with Gasteiger partial charge in [0.2, 0.25) is 0 Å². The van der Waals surface area contributed by atoms with E-state index in [0.717, 1.165) is 11.1 Å². The molecule has 0 aromatic heterocycles. The average molecular weight is 422 g/mol. The van der Waals surface area contributed by atoms with Crippen molar-refractivity contribution in [1.29, 1.82) is 0 Å². The summed E-state index contributed by atoms with van der Waals surface area (Å²) in [7, 11) is -3.07. The molecule has 158 valence electrons. The van der Waals surface area contributed by atoms with Crippen molar-refractivity contribution in [3.63, 3.8) is 0 Å². The molecule has 5 nitrogen and oxygen atoms in total. The molecule has 2 unspecified atom stereocenters. The van der Waals surface area contributed by atoms with Crippen LogP contribution in [0.1, 0.15) is 23.1 Å². The van der Waals surface area contributed by atoms with Crippen molar-refractivity contribution < 1.29 is 22.7 Å². The zero-order valence-corrected chi connectivity index (χ0v) is 17.7. The number of halogens is 1. The molecular weight excluding hydrogens is 393 g/mol. The standard InChI is InChI=1S/C22H28FNO4S/c1-16-6-7-22(10-17(16)2)28-14-21(25)13-24(20-8-9-29(26,27)15-20)12-18-4-3-5-19(23)11-18/h3-7,10-11,20-21,25H,8-9,12-15H2,1-2H3. The average Bonchev–Trinajstić information content (AvgIpc) is 3.02. The fraction of sp³-hybridized carbons (Fsp3) is 0.455. The highest BCUT2D eigenvalue weighted by atomic mass is 32.2. The maximum Gasteiger partial charge on any atom is 0.151 e. The largest absolute Gasteiger partial charge is 0.491 e. The van der Waals surface area contributed by atoms with Crippen molar-refractivity contribution in [3.05, 3.63) is 65.0 Å². The lowest BCUT2D eigenvalue weighted by Crippen LogP contribution is -2.42. The number of hydrogen-bond acceptors (Lipinski definition) is 5. The van der Waals surface area contributed by atoms with Crippen LogP contribution >= 0.6 is 0 Å². The van der Waals surface area contributed by atoms with Gasteiger partial charge in [0.1, 0.15) is 24.3 Å². The number of sulfone groups is 1. The van der Waals surface area contributed by atoms with E-state index in [1.54, 1.807) is 12.1 Å². The summed E-state index contributed by atoms with van der Waals surface area (Å²) >= 11 is 0. The summed E-state index contributed by atoms with van der Waals surface area (Å²) in [5.41, 5.74) is 3.03. The molecule has 0 bridgehead atoms. The van der Waals surface area contributed by atoms with Crippen molar-refractivity contribution in [2.45, 2.75) is 39.0 Å². The first-order valence-corrected chi connectivity index (χ1v) is 11.6. The number of rotatable bonds is 8. The lowest BCUT2D eigenvalue weighted by molar-refractivity contribution is 0.0524. The molecule has 1 heterocycles. The third-order valence-corrected chi connectivity index (χ3v) is 7.12. The Hall–Kier alpha value is -1.96. The van der Waals surface area contributed by atoms with E-state index < -0.39 is 15.9 Å². The maximum atomic E-state index is 13.6. The number of ether oxygens (including phenoxy) is 1. The molecule has 1 saturated heterocycles. The Balaban J connectivity index is 1.65. The Bertz CT molecular complexity index is 948. The van der Waals surface area contributed by atoms with E-state index in [9.17, 15) is 17.9 Å². The Morgan fingerprint density at radius 3 is 2.66 bits per heavy atom. The molecule has 0 radical (unpaired) electrons. The van der Waals surface area contributed by atoms with E-state index in [0.29, 0.717) is 18.7 Å². The van der Waals surface area contributed by atoms with Crippen LogP contribution in [0, 0.1) is 19.7 Å². The van der Waals surface area contributed by atoms with Crippen LogP contribution in [0.2, 0.25) is 0 Å². The molecule has 1 aliphatic heterocycles. The number of benzene rings is 2. The summed E-state index contributed by atoms with van der Waals surface area (Å²) < 4.78 is 43.2. The van der Waals surface area contributed by atoms with Gasteiger partial charge in [-0.3, -0.25) is 4.90 Å². The third kappa shape index (κ3) is 6.26. The molecule has 2 atom stereocenters. The third-order valence-electron chi connectivity index (χ3n) is 5.37. The van der Waals surface area contributed by atoms with E-state index in [4.69, 9.17) is 4.74 Å². The Kier molecular flexibility index (Phi) is 6.93. The van der Waals surface area contributed by atoms with Crippen molar-refractivity contribution in [2.24, 2.45) is 0 Å². The summed E-state index contributed by atoms with van der Waals surface area (Å²) in [5, 5.41) is 10.5. The first-order valence-electron chi connectivity index (χ1n) is 9.79. The molecule has 1 aliphatic rings. The van der Waals surface area contributed by atoms with Crippen molar-refractivity contribution in [1.82, 2.24) is 4.90 Å². The predicted molar refractivity (Wildman–Crippen MR) is 111 cm³/mol. The van der Waals surface area contributed by atoms with Gasteiger partial charge in [-0.05, 0) is 61.2 Å². The van der Waals surface area contributed by atoms with Crippen molar-refractivity contribution in [2.75, 3.05) is 24.7 Å². The van der Waals surface area contributed by atoms with Crippen LogP contribution in [0.5, 0.6) is 5.75 Å². The molecular formula is C22H28FNO4S. The minimum atomic E-state index is -3.07. The number of nitrogens with zero attached hydrogens (tertiary/aromatic N) is 1. The van der Waals surface area contributed by atoms with Gasteiger partial charge >= 0.3 is 0 Å². The Labute approximate surface area is 172 Å². The maximum absolute atomic E-state index is 13.6. The van der Waals surface area contributed by atoms with Gasteiger partial charge in [0.05, 0.1) is 11.5 Å². The molecule has 29 heavy (non-hydrogen) atoms. The van der Waals surface area contributed by atoms with Gasteiger partial charge < -0.3 is 9.84 Å². The van der Waals surface area contributed by atoms with Gasteiger partial charge in [0, 0.05) is 19.1 Å². The summed E-state index contributed by atoms with van der Waals surface area (Å²) in [6, 6.07) is 11.8. The van der Waals surface area contributed by atoms with Gasteiger partial charge in [-0.1, -0.05) is 18.2 Å². The quantitative estimate of drug-likeness (QED) is 0.710. The van der Waals surface area contributed by atoms with Crippen LogP contribution in [0.3, 0.4) is 0 Å². The molecule has 0 spiro atoms. The molecule has 0 aliphatic carbocycles. The number of aryl methyl sites for hydroxylation is 2. The smallest absolute Gasteiger partial charge is 0.151 e. The highest BCUT2D eigenvalue weighted by Gasteiger charge is 2.33. The minimum Gasteiger partial charge on any atom is -0.491 e. The van der Waals surface area contributed by atoms with Gasteiger partial charge in [-0.25, -0.2) is 12.8 Å². The summed E-state index contributed by atoms with van der Waals surface area (Å²) in [4.78, 5) is 1.92. The van der Waals surface area contributed by atoms with E-state index in [1.807, 2.05) is 36.9 Å². The molecule has 2 aromatic carbocycles. The van der Waals surface area contributed by atoms with E-state index in [2.05, 4.69) is 0 Å². The predicted octanol–water partition coefficient (Wildman–Crippen LogP) is 2.87. The zero-order chi connectivity index (χ0) is 21.0. The second-order valence-corrected chi connectivity index (χ2v) is 10.1. The normalized spacial score (nSPS) is 19.4. The molecule has 1 fully saturated rings. The topological polar surface area (TPSA) is 66.8 Å². The fourth-order valence-corrected chi connectivity index (χ4v) is 5.36. The highest BCUT2D eigenvalue weighted by Crippen LogP contribution is 2.21. The SMILES string of the molecule is Cc1ccc(OCC(O)CN(Cc2cccc(F)c2)C2CCS(=O)(=O)C2)cc1C. The van der Waals surface area contributed by atoms with Crippen LogP contribution in [-0.2, 0) is 16.4 Å². The zero-order valence-electron chi connectivity index (χ0n) is 16.8. The van der Waals surface area contributed by atoms with E-state index in [1.165, 1.54) is 17.7 Å². The number of aliphatic hydroxyl groups is 1.